The average molecular weight is 495 g/mol. The molecule has 3 aromatic heterocycles. The van der Waals surface area contributed by atoms with E-state index in [1.807, 2.05) is 6.92 Å². The van der Waals surface area contributed by atoms with E-state index < -0.39 is 30.1 Å². The van der Waals surface area contributed by atoms with E-state index in [0.29, 0.717) is 35.6 Å². The molecule has 8 nitrogen and oxygen atoms in total. The van der Waals surface area contributed by atoms with Crippen LogP contribution < -0.4 is 0 Å². The molecule has 35 heavy (non-hydrogen) atoms. The van der Waals surface area contributed by atoms with E-state index in [2.05, 4.69) is 25.6 Å². The molecule has 0 aliphatic rings. The van der Waals surface area contributed by atoms with Gasteiger partial charge in [-0.3, -0.25) is 0 Å². The van der Waals surface area contributed by atoms with Gasteiger partial charge in [0.2, 0.25) is 0 Å². The zero-order valence-electron chi connectivity index (χ0n) is 18.6. The summed E-state index contributed by atoms with van der Waals surface area (Å²) in [5, 5.41) is 23.6. The molecule has 186 valence electrons. The van der Waals surface area contributed by atoms with Crippen LogP contribution in [0.4, 0.5) is 22.0 Å². The second kappa shape index (κ2) is 9.56. The lowest BCUT2D eigenvalue weighted by molar-refractivity contribution is -0.291. The first-order valence-electron chi connectivity index (χ1n) is 10.8. The second-order valence-corrected chi connectivity index (χ2v) is 7.89. The van der Waals surface area contributed by atoms with Crippen molar-refractivity contribution in [2.24, 2.45) is 0 Å². The largest absolute Gasteiger partial charge is 0.459 e. The van der Waals surface area contributed by atoms with E-state index in [0.717, 1.165) is 0 Å². The van der Waals surface area contributed by atoms with E-state index in [-0.39, 0.29) is 18.8 Å². The van der Waals surface area contributed by atoms with Crippen molar-refractivity contribution in [2.75, 3.05) is 0 Å². The Morgan fingerprint density at radius 3 is 2.49 bits per heavy atom. The van der Waals surface area contributed by atoms with Gasteiger partial charge in [-0.2, -0.15) is 22.0 Å². The fourth-order valence-electron chi connectivity index (χ4n) is 3.90. The molecule has 0 amide bonds. The number of hydrogen-bond acceptors (Lipinski definition) is 5. The molecule has 0 saturated heterocycles. The van der Waals surface area contributed by atoms with Crippen LogP contribution in [-0.2, 0) is 25.5 Å². The third-order valence-corrected chi connectivity index (χ3v) is 5.63. The molecule has 0 aliphatic carbocycles. The third-order valence-electron chi connectivity index (χ3n) is 5.63. The summed E-state index contributed by atoms with van der Waals surface area (Å²) in [6.45, 7) is 0.756. The molecule has 4 rings (SSSR count). The molecule has 13 heteroatoms. The number of aryl methyl sites for hydroxylation is 1. The predicted molar refractivity (Wildman–Crippen MR) is 115 cm³/mol. The van der Waals surface area contributed by atoms with Crippen LogP contribution in [0.25, 0.3) is 17.2 Å². The van der Waals surface area contributed by atoms with E-state index in [1.54, 1.807) is 47.2 Å². The number of unbranched alkanes of at least 4 members (excludes halogenated alkanes) is 1. The van der Waals surface area contributed by atoms with Gasteiger partial charge in [0.05, 0.1) is 30.2 Å². The number of H-pyrrole nitrogens is 1. The van der Waals surface area contributed by atoms with Gasteiger partial charge in [-0.25, -0.2) is 10.1 Å². The molecule has 0 aliphatic heterocycles. The van der Waals surface area contributed by atoms with E-state index >= 15 is 0 Å². The fourth-order valence-corrected chi connectivity index (χ4v) is 3.90. The van der Waals surface area contributed by atoms with Gasteiger partial charge in [-0.05, 0) is 40.6 Å². The van der Waals surface area contributed by atoms with Gasteiger partial charge in [-0.1, -0.05) is 31.5 Å². The maximum absolute atomic E-state index is 14.3. The number of aromatic amines is 1. The number of imidazole rings is 1. The molecule has 0 spiro atoms. The number of aliphatic hydroxyl groups is 1. The lowest BCUT2D eigenvalue weighted by Gasteiger charge is -2.20. The molecule has 2 N–H and O–H groups in total. The quantitative estimate of drug-likeness (QED) is 0.336. The number of aliphatic hydroxyl groups excluding tert-OH is 1. The molecular formula is C22H22F5N7O. The number of nitrogens with one attached hydrogen (secondary N) is 1. The lowest BCUT2D eigenvalue weighted by Crippen LogP contribution is -2.35. The number of rotatable bonds is 9. The Labute approximate surface area is 196 Å². The summed E-state index contributed by atoms with van der Waals surface area (Å²) in [7, 11) is 0. The number of tetrazole rings is 1. The minimum atomic E-state index is -5.85. The Hall–Kier alpha value is -3.61. The van der Waals surface area contributed by atoms with Gasteiger partial charge in [0.25, 0.3) is 0 Å². The molecular weight excluding hydrogens is 473 g/mol. The van der Waals surface area contributed by atoms with Crippen LogP contribution in [0.5, 0.6) is 0 Å². The van der Waals surface area contributed by atoms with Crippen molar-refractivity contribution in [1.29, 1.82) is 0 Å². The number of halogens is 5. The Morgan fingerprint density at radius 2 is 1.83 bits per heavy atom. The third kappa shape index (κ3) is 4.55. The topological polar surface area (TPSA) is 97.4 Å². The number of aromatic nitrogens is 7. The van der Waals surface area contributed by atoms with Crippen molar-refractivity contribution in [2.45, 2.75) is 51.4 Å². The minimum Gasteiger partial charge on any atom is -0.390 e. The van der Waals surface area contributed by atoms with Crippen molar-refractivity contribution >= 4 is 0 Å². The molecule has 3 heterocycles. The highest BCUT2D eigenvalue weighted by Gasteiger charge is 2.61. The monoisotopic (exact) mass is 495 g/mol. The SMILES string of the molecule is CCCCc1nc(C(F)(F)C(F)(F)F)c(CO)n1Cc1ccccc1-n1cccc1-c1nnn[nH]1. The number of alkyl halides is 5. The maximum Gasteiger partial charge on any atom is 0.459 e. The second-order valence-electron chi connectivity index (χ2n) is 7.89. The maximum atomic E-state index is 14.3. The Balaban J connectivity index is 1.83. The summed E-state index contributed by atoms with van der Waals surface area (Å²) < 4.78 is 71.2. The molecule has 4 aromatic rings. The van der Waals surface area contributed by atoms with Crippen molar-refractivity contribution < 1.29 is 27.1 Å². The summed E-state index contributed by atoms with van der Waals surface area (Å²) in [4.78, 5) is 3.70. The zero-order valence-corrected chi connectivity index (χ0v) is 18.6. The molecule has 0 unspecified atom stereocenters. The van der Waals surface area contributed by atoms with E-state index in [9.17, 15) is 27.1 Å². The number of nitrogens with zero attached hydrogens (tertiary/aromatic N) is 6. The predicted octanol–water partition coefficient (Wildman–Crippen LogP) is 4.39. The number of hydrogen-bond donors (Lipinski definition) is 2. The standard InChI is InChI=1S/C22H22F5N7O/c1-2-3-10-18-28-19(21(23,24)22(25,26)27)17(13-35)34(18)12-14-7-4-5-8-15(14)33-11-6-9-16(33)20-29-31-32-30-20/h4-9,11,35H,2-3,10,12-13H2,1H3,(H,29,30,31,32). The van der Waals surface area contributed by atoms with Gasteiger partial charge >= 0.3 is 12.1 Å². The summed E-state index contributed by atoms with van der Waals surface area (Å²) >= 11 is 0. The van der Waals surface area contributed by atoms with E-state index in [4.69, 9.17) is 0 Å². The smallest absolute Gasteiger partial charge is 0.390 e. The van der Waals surface area contributed by atoms with E-state index in [1.165, 1.54) is 4.57 Å². The summed E-state index contributed by atoms with van der Waals surface area (Å²) in [6, 6.07) is 10.5. The van der Waals surface area contributed by atoms with Gasteiger partial charge in [-0.15, -0.1) is 5.10 Å². The van der Waals surface area contributed by atoms with Crippen LogP contribution in [0.2, 0.25) is 0 Å². The van der Waals surface area contributed by atoms with Crippen molar-refractivity contribution in [3.63, 3.8) is 0 Å². The molecule has 0 fully saturated rings. The highest BCUT2D eigenvalue weighted by atomic mass is 19.4. The highest BCUT2D eigenvalue weighted by molar-refractivity contribution is 5.56. The van der Waals surface area contributed by atoms with Gasteiger partial charge in [0.15, 0.2) is 5.82 Å². The first kappa shape index (κ1) is 24.5. The first-order valence-corrected chi connectivity index (χ1v) is 10.8. The zero-order chi connectivity index (χ0) is 25.2. The van der Waals surface area contributed by atoms with Crippen LogP contribution in [0.15, 0.2) is 42.6 Å². The van der Waals surface area contributed by atoms with Crippen molar-refractivity contribution in [3.05, 3.63) is 65.4 Å². The molecule has 0 atom stereocenters. The first-order chi connectivity index (χ1) is 16.7. The number of benzene rings is 1. The van der Waals surface area contributed by atoms with Crippen LogP contribution in [0, 0.1) is 0 Å². The van der Waals surface area contributed by atoms with Crippen LogP contribution >= 0.6 is 0 Å². The summed E-state index contributed by atoms with van der Waals surface area (Å²) in [6.07, 6.45) is -2.71. The van der Waals surface area contributed by atoms with Gasteiger partial charge < -0.3 is 14.2 Å². The molecule has 0 bridgehead atoms. The van der Waals surface area contributed by atoms with Gasteiger partial charge in [0.1, 0.15) is 11.5 Å². The molecule has 1 aromatic carbocycles. The van der Waals surface area contributed by atoms with Crippen LogP contribution in [0.1, 0.15) is 42.5 Å². The van der Waals surface area contributed by atoms with Crippen molar-refractivity contribution in [1.82, 2.24) is 34.7 Å². The van der Waals surface area contributed by atoms with Crippen LogP contribution in [0.3, 0.4) is 0 Å². The van der Waals surface area contributed by atoms with Crippen molar-refractivity contribution in [3.8, 4) is 17.2 Å². The normalized spacial score (nSPS) is 12.4. The van der Waals surface area contributed by atoms with Crippen LogP contribution in [-0.4, -0.2) is 46.0 Å². The Bertz CT molecular complexity index is 1280. The lowest BCUT2D eigenvalue weighted by atomic mass is 10.1. The Morgan fingerprint density at radius 1 is 1.06 bits per heavy atom. The molecule has 0 saturated carbocycles. The number of para-hydroxylation sites is 1. The highest BCUT2D eigenvalue weighted by Crippen LogP contribution is 2.45. The van der Waals surface area contributed by atoms with Gasteiger partial charge in [0, 0.05) is 12.6 Å². The molecule has 0 radical (unpaired) electrons. The average Bonchev–Trinajstić information content (AvgIpc) is 3.57. The Kier molecular flexibility index (Phi) is 6.70. The summed E-state index contributed by atoms with van der Waals surface area (Å²) in [5.74, 6) is -4.76. The summed E-state index contributed by atoms with van der Waals surface area (Å²) in [5.41, 5.74) is -0.187. The fraction of sp³-hybridized carbons (Fsp3) is 0.364. The minimum absolute atomic E-state index is 0.0526.